The minimum Gasteiger partial charge on any atom is -0.493 e. The van der Waals surface area contributed by atoms with E-state index in [1.165, 1.54) is 12.8 Å². The summed E-state index contributed by atoms with van der Waals surface area (Å²) in [7, 11) is 1.62. The second-order valence-electron chi connectivity index (χ2n) is 8.12. The summed E-state index contributed by atoms with van der Waals surface area (Å²) in [6.07, 6.45) is 6.32. The van der Waals surface area contributed by atoms with E-state index >= 15 is 0 Å². The second kappa shape index (κ2) is 10.5. The topological polar surface area (TPSA) is 71.1 Å². The molecule has 0 spiro atoms. The Morgan fingerprint density at radius 3 is 2.50 bits per heavy atom. The third-order valence-electron chi connectivity index (χ3n) is 6.12. The smallest absolute Gasteiger partial charge is 0.320 e. The van der Waals surface area contributed by atoms with Gasteiger partial charge in [-0.05, 0) is 64.5 Å². The summed E-state index contributed by atoms with van der Waals surface area (Å²) in [5.41, 5.74) is 0.695. The predicted molar refractivity (Wildman–Crippen MR) is 117 cm³/mol. The molecule has 1 aliphatic heterocycles. The lowest BCUT2D eigenvalue weighted by Gasteiger charge is -2.35. The van der Waals surface area contributed by atoms with Crippen LogP contribution in [0.3, 0.4) is 0 Å². The van der Waals surface area contributed by atoms with Crippen molar-refractivity contribution in [2.24, 2.45) is 5.92 Å². The summed E-state index contributed by atoms with van der Waals surface area (Å²) in [4.78, 5) is 29.2. The van der Waals surface area contributed by atoms with E-state index in [-0.39, 0.29) is 24.0 Å². The van der Waals surface area contributed by atoms with E-state index in [2.05, 4.69) is 5.32 Å². The predicted octanol–water partition coefficient (Wildman–Crippen LogP) is 4.13. The van der Waals surface area contributed by atoms with Gasteiger partial charge in [-0.1, -0.05) is 0 Å². The van der Waals surface area contributed by atoms with Gasteiger partial charge < -0.3 is 24.6 Å². The molecule has 7 heteroatoms. The lowest BCUT2D eigenvalue weighted by Crippen LogP contribution is -2.49. The average molecular weight is 418 g/mol. The van der Waals surface area contributed by atoms with Gasteiger partial charge in [0, 0.05) is 37.9 Å². The first-order valence-electron chi connectivity index (χ1n) is 11.2. The van der Waals surface area contributed by atoms with E-state index in [9.17, 15) is 9.59 Å². The minimum atomic E-state index is -0.209. The molecule has 1 aromatic rings. The monoisotopic (exact) mass is 417 g/mol. The normalized spacial score (nSPS) is 19.4. The Morgan fingerprint density at radius 1 is 1.10 bits per heavy atom. The van der Waals surface area contributed by atoms with Gasteiger partial charge in [0.15, 0.2) is 11.5 Å². The van der Waals surface area contributed by atoms with Crippen molar-refractivity contribution in [3.05, 3.63) is 18.2 Å². The number of methoxy groups -OCH3 is 1. The number of carbonyl (C=O) groups excluding carboxylic acids is 2. The number of hydrogen-bond donors (Lipinski definition) is 1. The lowest BCUT2D eigenvalue weighted by molar-refractivity contribution is -0.121. The Labute approximate surface area is 179 Å². The van der Waals surface area contributed by atoms with Crippen molar-refractivity contribution < 1.29 is 19.1 Å². The summed E-state index contributed by atoms with van der Waals surface area (Å²) in [6.45, 7) is 6.48. The first-order valence-corrected chi connectivity index (χ1v) is 11.2. The van der Waals surface area contributed by atoms with Gasteiger partial charge in [0.25, 0.3) is 0 Å². The number of nitrogens with one attached hydrogen (secondary N) is 1. The molecule has 0 unspecified atom stereocenters. The molecule has 1 saturated heterocycles. The van der Waals surface area contributed by atoms with Gasteiger partial charge in [0.2, 0.25) is 5.91 Å². The number of benzene rings is 1. The van der Waals surface area contributed by atoms with Gasteiger partial charge in [-0.25, -0.2) is 4.79 Å². The zero-order valence-electron chi connectivity index (χ0n) is 18.5. The van der Waals surface area contributed by atoms with Crippen molar-refractivity contribution in [2.75, 3.05) is 38.6 Å². The molecule has 3 rings (SSSR count). The zero-order valence-corrected chi connectivity index (χ0v) is 18.5. The number of rotatable bonds is 7. The van der Waals surface area contributed by atoms with Gasteiger partial charge in [-0.15, -0.1) is 0 Å². The second-order valence-corrected chi connectivity index (χ2v) is 8.12. The number of anilines is 1. The van der Waals surface area contributed by atoms with Crippen molar-refractivity contribution >= 4 is 17.6 Å². The van der Waals surface area contributed by atoms with Crippen LogP contribution in [0, 0.1) is 5.92 Å². The third kappa shape index (κ3) is 5.37. The molecule has 0 aromatic heterocycles. The minimum absolute atomic E-state index is 0.0224. The molecule has 0 radical (unpaired) electrons. The number of hydrogen-bond acceptors (Lipinski definition) is 4. The fraction of sp³-hybridized carbons (Fsp3) is 0.652. The van der Waals surface area contributed by atoms with Gasteiger partial charge in [0.05, 0.1) is 19.1 Å². The van der Waals surface area contributed by atoms with Crippen molar-refractivity contribution in [1.29, 1.82) is 0 Å². The molecule has 2 fully saturated rings. The summed E-state index contributed by atoms with van der Waals surface area (Å²) in [5.74, 6) is 1.08. The molecular weight excluding hydrogens is 382 g/mol. The highest BCUT2D eigenvalue weighted by atomic mass is 16.5. The van der Waals surface area contributed by atoms with Gasteiger partial charge >= 0.3 is 6.03 Å². The third-order valence-corrected chi connectivity index (χ3v) is 6.12. The molecule has 1 aliphatic carbocycles. The van der Waals surface area contributed by atoms with E-state index in [1.54, 1.807) is 12.0 Å². The zero-order chi connectivity index (χ0) is 21.5. The SMILES string of the molecule is CCN(CC)C(=O)N1CCC[C@@H](C(=O)Nc2ccc(OC)c(OC3CCCC3)c2)C1. The maximum Gasteiger partial charge on any atom is 0.320 e. The van der Waals surface area contributed by atoms with Crippen molar-refractivity contribution in [3.63, 3.8) is 0 Å². The van der Waals surface area contributed by atoms with E-state index < -0.39 is 0 Å². The molecule has 1 atom stereocenters. The molecule has 2 aliphatic rings. The Hall–Kier alpha value is -2.44. The largest absolute Gasteiger partial charge is 0.493 e. The summed E-state index contributed by atoms with van der Waals surface area (Å²) in [5, 5.41) is 3.02. The molecule has 3 amide bonds. The summed E-state index contributed by atoms with van der Waals surface area (Å²) >= 11 is 0. The standard InChI is InChI=1S/C23H35N3O4/c1-4-25(5-2)23(28)26-14-8-9-17(16-26)22(27)24-18-12-13-20(29-3)21(15-18)30-19-10-6-7-11-19/h12-13,15,17,19H,4-11,14,16H2,1-3H3,(H,24,27)/t17-/m1/s1. The first-order chi connectivity index (χ1) is 14.5. The van der Waals surface area contributed by atoms with Crippen LogP contribution < -0.4 is 14.8 Å². The van der Waals surface area contributed by atoms with E-state index in [1.807, 2.05) is 36.9 Å². The van der Waals surface area contributed by atoms with Crippen LogP contribution in [0.1, 0.15) is 52.4 Å². The Kier molecular flexibility index (Phi) is 7.82. The Morgan fingerprint density at radius 2 is 1.83 bits per heavy atom. The maximum absolute atomic E-state index is 12.9. The Balaban J connectivity index is 1.64. The van der Waals surface area contributed by atoms with Crippen LogP contribution in [0.2, 0.25) is 0 Å². The number of nitrogens with zero attached hydrogens (tertiary/aromatic N) is 2. The van der Waals surface area contributed by atoms with Crippen molar-refractivity contribution in [1.82, 2.24) is 9.80 Å². The maximum atomic E-state index is 12.9. The highest BCUT2D eigenvalue weighted by molar-refractivity contribution is 5.93. The van der Waals surface area contributed by atoms with Crippen LogP contribution in [0.5, 0.6) is 11.5 Å². The van der Waals surface area contributed by atoms with Crippen LogP contribution in [0.15, 0.2) is 18.2 Å². The molecule has 1 heterocycles. The van der Waals surface area contributed by atoms with Gasteiger partial charge in [-0.3, -0.25) is 4.79 Å². The fourth-order valence-corrected chi connectivity index (χ4v) is 4.34. The number of urea groups is 1. The van der Waals surface area contributed by atoms with E-state index in [4.69, 9.17) is 9.47 Å². The highest BCUT2D eigenvalue weighted by Crippen LogP contribution is 2.34. The van der Waals surface area contributed by atoms with Crippen LogP contribution in [-0.4, -0.2) is 61.1 Å². The number of carbonyl (C=O) groups is 2. The lowest BCUT2D eigenvalue weighted by atomic mass is 9.97. The molecular formula is C23H35N3O4. The molecule has 1 aromatic carbocycles. The van der Waals surface area contributed by atoms with Gasteiger partial charge in [-0.2, -0.15) is 0 Å². The first kappa shape index (κ1) is 22.2. The quantitative estimate of drug-likeness (QED) is 0.724. The van der Waals surface area contributed by atoms with Gasteiger partial charge in [0.1, 0.15) is 0 Å². The van der Waals surface area contributed by atoms with Crippen LogP contribution in [0.4, 0.5) is 10.5 Å². The fourth-order valence-electron chi connectivity index (χ4n) is 4.34. The van der Waals surface area contributed by atoms with Crippen molar-refractivity contribution in [2.45, 2.75) is 58.5 Å². The number of piperidine rings is 1. The molecule has 1 N–H and O–H groups in total. The molecule has 7 nitrogen and oxygen atoms in total. The molecule has 1 saturated carbocycles. The number of amides is 3. The number of ether oxygens (including phenoxy) is 2. The average Bonchev–Trinajstić information content (AvgIpc) is 3.28. The highest BCUT2D eigenvalue weighted by Gasteiger charge is 2.30. The summed E-state index contributed by atoms with van der Waals surface area (Å²) < 4.78 is 11.6. The van der Waals surface area contributed by atoms with Crippen LogP contribution in [0.25, 0.3) is 0 Å². The van der Waals surface area contributed by atoms with E-state index in [0.29, 0.717) is 43.4 Å². The van der Waals surface area contributed by atoms with E-state index in [0.717, 1.165) is 25.7 Å². The van der Waals surface area contributed by atoms with Crippen molar-refractivity contribution in [3.8, 4) is 11.5 Å². The summed E-state index contributed by atoms with van der Waals surface area (Å²) in [6, 6.07) is 5.53. The molecule has 0 bridgehead atoms. The number of likely N-dealkylation sites (tertiary alicyclic amines) is 1. The Bertz CT molecular complexity index is 729. The molecule has 166 valence electrons. The van der Waals surface area contributed by atoms with Crippen LogP contribution >= 0.6 is 0 Å². The van der Waals surface area contributed by atoms with Crippen LogP contribution in [-0.2, 0) is 4.79 Å². The molecule has 30 heavy (non-hydrogen) atoms.